The van der Waals surface area contributed by atoms with E-state index in [1.807, 2.05) is 6.07 Å². The van der Waals surface area contributed by atoms with Crippen LogP contribution < -0.4 is 56.1 Å². The van der Waals surface area contributed by atoms with E-state index < -0.39 is 0 Å². The standard InChI is InChI=1S/C20H25O.K/c1-3-5-6-9-18-10-7-11-20(16-18)21-19-14-12-17(8-4-2)13-15-19;/h3,7,10-16H,4-6,8-9H2,1-2H3;/q-1;+1. The summed E-state index contributed by atoms with van der Waals surface area (Å²) in [5, 5.41) is 0. The molecular weight excluding hydrogens is 295 g/mol. The van der Waals surface area contributed by atoms with Gasteiger partial charge in [0.05, 0.1) is 0 Å². The molecular formula is C20H25KO. The van der Waals surface area contributed by atoms with Crippen LogP contribution in [0, 0.1) is 6.42 Å². The Hall–Kier alpha value is -0.124. The summed E-state index contributed by atoms with van der Waals surface area (Å²) in [5.74, 6) is 1.84. The van der Waals surface area contributed by atoms with Gasteiger partial charge in [0.25, 0.3) is 0 Å². The van der Waals surface area contributed by atoms with Crippen molar-refractivity contribution in [1.82, 2.24) is 0 Å². The zero-order chi connectivity index (χ0) is 14.9. The molecule has 0 saturated carbocycles. The average Bonchev–Trinajstić information content (AvgIpc) is 2.50. The first-order valence-corrected chi connectivity index (χ1v) is 7.95. The molecule has 0 bridgehead atoms. The fourth-order valence-corrected chi connectivity index (χ4v) is 2.42. The number of rotatable bonds is 8. The Balaban J connectivity index is 0.00000242. The third-order valence-electron chi connectivity index (χ3n) is 3.55. The molecule has 0 aromatic heterocycles. The minimum absolute atomic E-state index is 0. The molecule has 0 saturated heterocycles. The fourth-order valence-electron chi connectivity index (χ4n) is 2.42. The first-order chi connectivity index (χ1) is 10.3. The molecule has 0 spiro atoms. The smallest absolute Gasteiger partial charge is 0.457 e. The number of hydrogen-bond donors (Lipinski definition) is 0. The van der Waals surface area contributed by atoms with Gasteiger partial charge in [-0.2, -0.15) is 13.3 Å². The minimum Gasteiger partial charge on any atom is -0.457 e. The normalized spacial score (nSPS) is 10.1. The molecule has 2 aromatic rings. The van der Waals surface area contributed by atoms with Crippen molar-refractivity contribution in [3.05, 3.63) is 66.1 Å². The van der Waals surface area contributed by atoms with Crippen LogP contribution in [0.25, 0.3) is 0 Å². The molecule has 0 aliphatic heterocycles. The minimum atomic E-state index is 0. The van der Waals surface area contributed by atoms with E-state index in [0.29, 0.717) is 0 Å². The Labute approximate surface area is 177 Å². The van der Waals surface area contributed by atoms with Crippen LogP contribution in [0.1, 0.15) is 44.2 Å². The Morgan fingerprint density at radius 3 is 2.36 bits per heavy atom. The predicted octanol–water partition coefficient (Wildman–Crippen LogP) is 2.98. The van der Waals surface area contributed by atoms with E-state index in [4.69, 9.17) is 4.74 Å². The van der Waals surface area contributed by atoms with Crippen molar-refractivity contribution in [3.8, 4) is 11.5 Å². The second-order valence-electron chi connectivity index (χ2n) is 5.44. The van der Waals surface area contributed by atoms with Crippen LogP contribution in [-0.4, -0.2) is 0 Å². The average molecular weight is 321 g/mol. The molecule has 0 heterocycles. The molecule has 112 valence electrons. The number of aryl methyl sites for hydroxylation is 2. The van der Waals surface area contributed by atoms with Gasteiger partial charge in [-0.25, -0.2) is 0 Å². The summed E-state index contributed by atoms with van der Waals surface area (Å²) in [6.07, 6.45) is 8.01. The topological polar surface area (TPSA) is 9.23 Å². The molecule has 0 fully saturated rings. The zero-order valence-corrected chi connectivity index (χ0v) is 17.3. The first-order valence-electron chi connectivity index (χ1n) is 7.95. The second-order valence-corrected chi connectivity index (χ2v) is 5.44. The predicted molar refractivity (Wildman–Crippen MR) is 89.9 cm³/mol. The third-order valence-corrected chi connectivity index (χ3v) is 3.55. The van der Waals surface area contributed by atoms with Crippen molar-refractivity contribution in [3.63, 3.8) is 0 Å². The summed E-state index contributed by atoms with van der Waals surface area (Å²) < 4.78 is 5.95. The maximum Gasteiger partial charge on any atom is 1.00 e. The Kier molecular flexibility index (Phi) is 10.3. The number of benzene rings is 2. The molecule has 1 nitrogen and oxygen atoms in total. The molecule has 0 aliphatic rings. The van der Waals surface area contributed by atoms with Crippen molar-refractivity contribution in [2.75, 3.05) is 0 Å². The van der Waals surface area contributed by atoms with E-state index >= 15 is 0 Å². The summed E-state index contributed by atoms with van der Waals surface area (Å²) in [5.41, 5.74) is 2.71. The van der Waals surface area contributed by atoms with Crippen LogP contribution in [0.3, 0.4) is 0 Å². The number of hydrogen-bond acceptors (Lipinski definition) is 1. The molecule has 0 atom stereocenters. The molecule has 0 aliphatic carbocycles. The Morgan fingerprint density at radius 1 is 0.909 bits per heavy atom. The third kappa shape index (κ3) is 6.97. The Bertz CT molecular complexity index is 534. The van der Waals surface area contributed by atoms with Gasteiger partial charge in [0.2, 0.25) is 0 Å². The molecule has 0 amide bonds. The van der Waals surface area contributed by atoms with Gasteiger partial charge < -0.3 is 11.2 Å². The van der Waals surface area contributed by atoms with Crippen LogP contribution in [0.2, 0.25) is 0 Å². The van der Waals surface area contributed by atoms with Crippen molar-refractivity contribution in [2.45, 2.75) is 46.0 Å². The van der Waals surface area contributed by atoms with Gasteiger partial charge in [-0.05, 0) is 48.2 Å². The van der Waals surface area contributed by atoms with Crippen molar-refractivity contribution < 1.29 is 56.1 Å². The number of unbranched alkanes of at least 4 members (excludes halogenated alkanes) is 2. The molecule has 0 unspecified atom stereocenters. The van der Waals surface area contributed by atoms with E-state index in [9.17, 15) is 0 Å². The van der Waals surface area contributed by atoms with E-state index in [1.54, 1.807) is 0 Å². The van der Waals surface area contributed by atoms with E-state index in [1.165, 1.54) is 30.4 Å². The quantitative estimate of drug-likeness (QED) is 0.413. The van der Waals surface area contributed by atoms with Gasteiger partial charge in [-0.3, -0.25) is 0 Å². The van der Waals surface area contributed by atoms with Gasteiger partial charge in [0, 0.05) is 0 Å². The van der Waals surface area contributed by atoms with E-state index in [0.717, 1.165) is 24.3 Å². The summed E-state index contributed by atoms with van der Waals surface area (Å²) >= 11 is 0. The molecule has 0 N–H and O–H groups in total. The van der Waals surface area contributed by atoms with Crippen LogP contribution in [0.15, 0.2) is 48.5 Å². The first kappa shape index (κ1) is 19.9. The van der Waals surface area contributed by atoms with E-state index in [2.05, 4.69) is 62.7 Å². The SMILES string of the molecule is C[CH-]CCCc1cccc(Oc2ccc(CCC)cc2)c1.[K+]. The molecule has 2 rings (SSSR count). The molecule has 2 aromatic carbocycles. The van der Waals surface area contributed by atoms with Gasteiger partial charge in [-0.1, -0.05) is 44.0 Å². The summed E-state index contributed by atoms with van der Waals surface area (Å²) in [6, 6.07) is 16.8. The van der Waals surface area contributed by atoms with Crippen molar-refractivity contribution in [1.29, 1.82) is 0 Å². The maximum absolute atomic E-state index is 5.95. The number of ether oxygens (including phenoxy) is 1. The van der Waals surface area contributed by atoms with E-state index in [-0.39, 0.29) is 51.4 Å². The fraction of sp³-hybridized carbons (Fsp3) is 0.350. The van der Waals surface area contributed by atoms with Gasteiger partial charge >= 0.3 is 51.4 Å². The summed E-state index contributed by atoms with van der Waals surface area (Å²) in [6.45, 7) is 4.31. The molecule has 2 heteroatoms. The maximum atomic E-state index is 5.95. The van der Waals surface area contributed by atoms with Crippen LogP contribution in [0.4, 0.5) is 0 Å². The van der Waals surface area contributed by atoms with Gasteiger partial charge in [0.15, 0.2) is 0 Å². The molecule has 0 radical (unpaired) electrons. The van der Waals surface area contributed by atoms with Crippen LogP contribution >= 0.6 is 0 Å². The summed E-state index contributed by atoms with van der Waals surface area (Å²) in [4.78, 5) is 0. The summed E-state index contributed by atoms with van der Waals surface area (Å²) in [7, 11) is 0. The van der Waals surface area contributed by atoms with Crippen LogP contribution in [0.5, 0.6) is 11.5 Å². The second kappa shape index (κ2) is 11.4. The van der Waals surface area contributed by atoms with Crippen LogP contribution in [-0.2, 0) is 12.8 Å². The Morgan fingerprint density at radius 2 is 1.68 bits per heavy atom. The van der Waals surface area contributed by atoms with Gasteiger partial charge in [0.1, 0.15) is 11.5 Å². The van der Waals surface area contributed by atoms with Crippen molar-refractivity contribution >= 4 is 0 Å². The zero-order valence-electron chi connectivity index (χ0n) is 14.1. The van der Waals surface area contributed by atoms with Gasteiger partial charge in [-0.15, -0.1) is 0 Å². The largest absolute Gasteiger partial charge is 1.00 e. The monoisotopic (exact) mass is 320 g/mol. The molecule has 22 heavy (non-hydrogen) atoms. The van der Waals surface area contributed by atoms with Crippen molar-refractivity contribution in [2.24, 2.45) is 0 Å².